The maximum Gasteiger partial charge on any atom is 0.255 e. The smallest absolute Gasteiger partial charge is 0.255 e. The minimum Gasteiger partial charge on any atom is -0.383 e. The van der Waals surface area contributed by atoms with Crippen molar-refractivity contribution in [2.45, 2.75) is 51.2 Å². The normalized spacial score (nSPS) is 20.7. The van der Waals surface area contributed by atoms with Crippen LogP contribution in [0.15, 0.2) is 36.5 Å². The Morgan fingerprint density at radius 3 is 2.66 bits per heavy atom. The molecule has 29 heavy (non-hydrogen) atoms. The van der Waals surface area contributed by atoms with E-state index in [1.54, 1.807) is 6.20 Å². The van der Waals surface area contributed by atoms with E-state index in [2.05, 4.69) is 46.4 Å². The highest BCUT2D eigenvalue weighted by Crippen LogP contribution is 2.25. The molecule has 0 saturated carbocycles. The molecule has 1 atom stereocenters. The van der Waals surface area contributed by atoms with E-state index in [-0.39, 0.29) is 17.8 Å². The molecule has 4 rings (SSSR count). The predicted molar refractivity (Wildman–Crippen MR) is 114 cm³/mol. The van der Waals surface area contributed by atoms with Crippen molar-refractivity contribution < 1.29 is 9.53 Å². The summed E-state index contributed by atoms with van der Waals surface area (Å²) in [6, 6.07) is 11.2. The number of carbonyl (C=O) groups excluding carboxylic acids is 1. The molecule has 1 aromatic heterocycles. The molecule has 3 N–H and O–H groups in total. The zero-order chi connectivity index (χ0) is 20.2. The molecule has 0 aliphatic carbocycles. The van der Waals surface area contributed by atoms with Crippen molar-refractivity contribution in [1.82, 2.24) is 15.2 Å². The van der Waals surface area contributed by atoms with Gasteiger partial charge in [-0.25, -0.2) is 4.98 Å². The standard InChI is InChI=1S/C23H30N4O2/c1-16-3-2-10-27(16)15-17-4-6-18(7-5-17)19-13-21(22(24)25-14-19)23(28)26-20-8-11-29-12-9-20/h4-7,13-14,16,20H,2-3,8-12,15H2,1H3,(H2,24,25)(H,26,28). The number of aromatic nitrogens is 1. The van der Waals surface area contributed by atoms with E-state index in [4.69, 9.17) is 10.5 Å². The second-order valence-corrected chi connectivity index (χ2v) is 8.18. The van der Waals surface area contributed by atoms with Gasteiger partial charge in [0, 0.05) is 43.6 Å². The van der Waals surface area contributed by atoms with Crippen LogP contribution in [0.3, 0.4) is 0 Å². The molecule has 1 unspecified atom stereocenters. The van der Waals surface area contributed by atoms with Gasteiger partial charge < -0.3 is 15.8 Å². The molecule has 2 aliphatic rings. The van der Waals surface area contributed by atoms with Crippen LogP contribution in [0.2, 0.25) is 0 Å². The Hall–Kier alpha value is -2.44. The van der Waals surface area contributed by atoms with Crippen LogP contribution < -0.4 is 11.1 Å². The van der Waals surface area contributed by atoms with E-state index in [0.29, 0.717) is 24.8 Å². The highest BCUT2D eigenvalue weighted by atomic mass is 16.5. The molecule has 0 radical (unpaired) electrons. The summed E-state index contributed by atoms with van der Waals surface area (Å²) in [6.45, 7) is 5.83. The van der Waals surface area contributed by atoms with Gasteiger partial charge in [0.05, 0.1) is 5.56 Å². The molecule has 2 saturated heterocycles. The number of ether oxygens (including phenoxy) is 1. The van der Waals surface area contributed by atoms with Crippen molar-refractivity contribution in [2.75, 3.05) is 25.5 Å². The molecule has 154 valence electrons. The number of nitrogens with two attached hydrogens (primary N) is 1. The van der Waals surface area contributed by atoms with Crippen LogP contribution in [0, 0.1) is 0 Å². The van der Waals surface area contributed by atoms with E-state index in [1.807, 2.05) is 6.07 Å². The second kappa shape index (κ2) is 8.93. The number of pyridine rings is 1. The molecular formula is C23H30N4O2. The monoisotopic (exact) mass is 394 g/mol. The molecule has 2 fully saturated rings. The first kappa shape index (κ1) is 19.9. The molecule has 0 bridgehead atoms. The Morgan fingerprint density at radius 1 is 1.21 bits per heavy atom. The molecule has 2 aromatic rings. The maximum absolute atomic E-state index is 12.7. The average molecular weight is 395 g/mol. The number of hydrogen-bond acceptors (Lipinski definition) is 5. The van der Waals surface area contributed by atoms with Gasteiger partial charge in [-0.2, -0.15) is 0 Å². The van der Waals surface area contributed by atoms with Crippen LogP contribution >= 0.6 is 0 Å². The summed E-state index contributed by atoms with van der Waals surface area (Å²) < 4.78 is 5.35. The van der Waals surface area contributed by atoms with Gasteiger partial charge in [-0.05, 0) is 56.3 Å². The largest absolute Gasteiger partial charge is 0.383 e. The van der Waals surface area contributed by atoms with E-state index >= 15 is 0 Å². The zero-order valence-electron chi connectivity index (χ0n) is 17.1. The fourth-order valence-electron chi connectivity index (χ4n) is 4.18. The number of carbonyl (C=O) groups is 1. The Bertz CT molecular complexity index is 846. The number of nitrogen functional groups attached to an aromatic ring is 1. The third-order valence-corrected chi connectivity index (χ3v) is 6.08. The average Bonchev–Trinajstić information content (AvgIpc) is 3.14. The Labute approximate surface area is 172 Å². The highest BCUT2D eigenvalue weighted by molar-refractivity contribution is 5.99. The number of likely N-dealkylation sites (tertiary alicyclic amines) is 1. The lowest BCUT2D eigenvalue weighted by Gasteiger charge is -2.23. The molecule has 3 heterocycles. The van der Waals surface area contributed by atoms with Crippen LogP contribution in [0.25, 0.3) is 11.1 Å². The van der Waals surface area contributed by atoms with Gasteiger partial charge in [-0.15, -0.1) is 0 Å². The third kappa shape index (κ3) is 4.77. The molecule has 0 spiro atoms. The Balaban J connectivity index is 1.46. The van der Waals surface area contributed by atoms with E-state index in [1.165, 1.54) is 24.9 Å². The van der Waals surface area contributed by atoms with Gasteiger partial charge in [0.15, 0.2) is 0 Å². The molecule has 2 aliphatic heterocycles. The third-order valence-electron chi connectivity index (χ3n) is 6.08. The van der Waals surface area contributed by atoms with Crippen LogP contribution in [0.5, 0.6) is 0 Å². The maximum atomic E-state index is 12.7. The summed E-state index contributed by atoms with van der Waals surface area (Å²) in [6.07, 6.45) is 5.97. The van der Waals surface area contributed by atoms with Gasteiger partial charge >= 0.3 is 0 Å². The minimum atomic E-state index is -0.164. The topological polar surface area (TPSA) is 80.5 Å². The van der Waals surface area contributed by atoms with Crippen molar-refractivity contribution in [3.63, 3.8) is 0 Å². The number of hydrogen-bond donors (Lipinski definition) is 2. The lowest BCUT2D eigenvalue weighted by molar-refractivity contribution is 0.0697. The number of anilines is 1. The lowest BCUT2D eigenvalue weighted by Crippen LogP contribution is -2.39. The number of amides is 1. The molecule has 1 aromatic carbocycles. The quantitative estimate of drug-likeness (QED) is 0.814. The van der Waals surface area contributed by atoms with E-state index < -0.39 is 0 Å². The number of nitrogens with one attached hydrogen (secondary N) is 1. The molecule has 6 heteroatoms. The lowest BCUT2D eigenvalue weighted by atomic mass is 10.0. The van der Waals surface area contributed by atoms with Crippen molar-refractivity contribution in [3.8, 4) is 11.1 Å². The first-order valence-corrected chi connectivity index (χ1v) is 10.6. The number of rotatable bonds is 5. The Morgan fingerprint density at radius 2 is 1.97 bits per heavy atom. The van der Waals surface area contributed by atoms with Crippen molar-refractivity contribution in [3.05, 3.63) is 47.7 Å². The molecular weight excluding hydrogens is 364 g/mol. The predicted octanol–water partition coefficient (Wildman–Crippen LogP) is 3.22. The van der Waals surface area contributed by atoms with E-state index in [9.17, 15) is 4.79 Å². The summed E-state index contributed by atoms with van der Waals surface area (Å²) in [7, 11) is 0. The number of nitrogens with zero attached hydrogens (tertiary/aromatic N) is 2. The van der Waals surface area contributed by atoms with Gasteiger partial charge in [0.25, 0.3) is 5.91 Å². The first-order valence-electron chi connectivity index (χ1n) is 10.6. The van der Waals surface area contributed by atoms with Gasteiger partial charge in [0.1, 0.15) is 5.82 Å². The van der Waals surface area contributed by atoms with Crippen LogP contribution in [-0.2, 0) is 11.3 Å². The molecule has 1 amide bonds. The summed E-state index contributed by atoms with van der Waals surface area (Å²) in [5, 5.41) is 3.06. The fourth-order valence-corrected chi connectivity index (χ4v) is 4.18. The SMILES string of the molecule is CC1CCCN1Cc1ccc(-c2cnc(N)c(C(=O)NC3CCOCC3)c2)cc1. The van der Waals surface area contributed by atoms with Crippen LogP contribution in [-0.4, -0.2) is 47.6 Å². The number of benzene rings is 1. The van der Waals surface area contributed by atoms with Crippen LogP contribution in [0.1, 0.15) is 48.5 Å². The fraction of sp³-hybridized carbons (Fsp3) is 0.478. The summed E-state index contributed by atoms with van der Waals surface area (Å²) in [5.41, 5.74) is 9.68. The summed E-state index contributed by atoms with van der Waals surface area (Å²) >= 11 is 0. The van der Waals surface area contributed by atoms with Gasteiger partial charge in [-0.1, -0.05) is 24.3 Å². The van der Waals surface area contributed by atoms with E-state index in [0.717, 1.165) is 30.5 Å². The van der Waals surface area contributed by atoms with Gasteiger partial charge in [0.2, 0.25) is 0 Å². The van der Waals surface area contributed by atoms with Crippen molar-refractivity contribution in [2.24, 2.45) is 0 Å². The second-order valence-electron chi connectivity index (χ2n) is 8.18. The summed E-state index contributed by atoms with van der Waals surface area (Å²) in [4.78, 5) is 19.5. The van der Waals surface area contributed by atoms with Crippen molar-refractivity contribution in [1.29, 1.82) is 0 Å². The Kier molecular flexibility index (Phi) is 6.11. The molecule has 6 nitrogen and oxygen atoms in total. The first-order chi connectivity index (χ1) is 14.1. The minimum absolute atomic E-state index is 0.131. The summed E-state index contributed by atoms with van der Waals surface area (Å²) in [5.74, 6) is 0.0985. The van der Waals surface area contributed by atoms with Gasteiger partial charge in [-0.3, -0.25) is 9.69 Å². The van der Waals surface area contributed by atoms with Crippen LogP contribution in [0.4, 0.5) is 5.82 Å². The highest BCUT2D eigenvalue weighted by Gasteiger charge is 2.21. The van der Waals surface area contributed by atoms with Crippen molar-refractivity contribution >= 4 is 11.7 Å². The zero-order valence-corrected chi connectivity index (χ0v) is 17.1.